The lowest BCUT2D eigenvalue weighted by Gasteiger charge is -2.16. The number of nitro groups is 1. The molecule has 0 spiro atoms. The fourth-order valence-corrected chi connectivity index (χ4v) is 4.67. The number of hydrogen-bond acceptors (Lipinski definition) is 3. The third kappa shape index (κ3) is 4.20. The zero-order valence-electron chi connectivity index (χ0n) is 18.1. The molecule has 6 heteroatoms. The zero-order chi connectivity index (χ0) is 22.8. The highest BCUT2D eigenvalue weighted by Gasteiger charge is 2.13. The van der Waals surface area contributed by atoms with Crippen LogP contribution in [0.4, 0.5) is 10.5 Å². The first kappa shape index (κ1) is 20.8. The first-order valence-corrected chi connectivity index (χ1v) is 11.1. The Morgan fingerprint density at radius 2 is 1.82 bits per heavy atom. The van der Waals surface area contributed by atoms with E-state index in [0.717, 1.165) is 12.0 Å². The molecule has 1 heterocycles. The fraction of sp³-hybridized carbons (Fsp3) is 0.185. The zero-order valence-corrected chi connectivity index (χ0v) is 18.1. The Labute approximate surface area is 190 Å². The molecule has 6 rings (SSSR count). The molecule has 3 aromatic rings. The summed E-state index contributed by atoms with van der Waals surface area (Å²) < 4.78 is 0. The van der Waals surface area contributed by atoms with Crippen LogP contribution in [-0.4, -0.2) is 17.2 Å². The van der Waals surface area contributed by atoms with Crippen LogP contribution in [0.5, 0.6) is 0 Å². The van der Waals surface area contributed by atoms with Crippen LogP contribution in [0, 0.1) is 20.6 Å². The molecule has 2 aliphatic carbocycles. The van der Waals surface area contributed by atoms with Crippen molar-refractivity contribution in [1.82, 2.24) is 5.32 Å². The number of nitrogens with zero attached hydrogens (tertiary/aromatic N) is 2. The van der Waals surface area contributed by atoms with Gasteiger partial charge in [-0.25, -0.2) is 9.79 Å². The molecule has 6 nitrogen and oxygen atoms in total. The van der Waals surface area contributed by atoms with Gasteiger partial charge in [0, 0.05) is 30.5 Å². The molecule has 0 unspecified atom stereocenters. The number of carbonyl (C=O) groups is 1. The van der Waals surface area contributed by atoms with Gasteiger partial charge in [0.2, 0.25) is 0 Å². The van der Waals surface area contributed by atoms with E-state index < -0.39 is 11.0 Å². The molecule has 0 atom stereocenters. The molecule has 2 amide bonds. The van der Waals surface area contributed by atoms with Gasteiger partial charge in [-0.05, 0) is 69.3 Å². The van der Waals surface area contributed by atoms with Crippen molar-refractivity contribution in [1.29, 1.82) is 0 Å². The SMILES string of the molecule is C1=c2ccc3c(c2CCC1)CC=c1ccccc1=3.O=C1N=Cc2cc([N+](=O)[O-])ccc2CN1. The summed E-state index contributed by atoms with van der Waals surface area (Å²) >= 11 is 0. The molecule has 0 aromatic heterocycles. The van der Waals surface area contributed by atoms with E-state index in [2.05, 4.69) is 58.9 Å². The van der Waals surface area contributed by atoms with E-state index in [4.69, 9.17) is 0 Å². The molecule has 0 radical (unpaired) electrons. The summed E-state index contributed by atoms with van der Waals surface area (Å²) in [6.45, 7) is 0.339. The molecule has 0 saturated heterocycles. The summed E-state index contributed by atoms with van der Waals surface area (Å²) in [5, 5.41) is 18.8. The van der Waals surface area contributed by atoms with Crippen molar-refractivity contribution in [3.05, 3.63) is 108 Å². The predicted octanol–water partition coefficient (Wildman–Crippen LogP) is 3.66. The molecule has 33 heavy (non-hydrogen) atoms. The monoisotopic (exact) mass is 437 g/mol. The average molecular weight is 437 g/mol. The fourth-order valence-electron chi connectivity index (χ4n) is 4.67. The number of nitrogens with one attached hydrogen (secondary N) is 1. The topological polar surface area (TPSA) is 84.6 Å². The minimum atomic E-state index is -0.478. The second kappa shape index (κ2) is 8.82. The molecular formula is C27H23N3O3. The van der Waals surface area contributed by atoms with Crippen molar-refractivity contribution in [2.75, 3.05) is 0 Å². The highest BCUT2D eigenvalue weighted by atomic mass is 16.6. The van der Waals surface area contributed by atoms with Gasteiger partial charge in [-0.2, -0.15) is 0 Å². The van der Waals surface area contributed by atoms with Gasteiger partial charge in [0.15, 0.2) is 0 Å². The number of rotatable bonds is 1. The number of carbonyl (C=O) groups excluding carboxylic acids is 1. The van der Waals surface area contributed by atoms with E-state index in [1.54, 1.807) is 17.2 Å². The Bertz CT molecular complexity index is 1520. The Kier molecular flexibility index (Phi) is 5.57. The third-order valence-electron chi connectivity index (χ3n) is 6.33. The number of nitro benzene ring substituents is 1. The lowest BCUT2D eigenvalue weighted by atomic mass is 9.89. The van der Waals surface area contributed by atoms with Gasteiger partial charge in [0.1, 0.15) is 0 Å². The molecule has 164 valence electrons. The summed E-state index contributed by atoms with van der Waals surface area (Å²) in [7, 11) is 0. The first-order valence-electron chi connectivity index (χ1n) is 11.1. The van der Waals surface area contributed by atoms with E-state index in [-0.39, 0.29) is 5.69 Å². The number of hydrogen-bond donors (Lipinski definition) is 1. The maximum Gasteiger partial charge on any atom is 0.341 e. The number of non-ortho nitro benzene ring substituents is 1. The second-order valence-corrected chi connectivity index (χ2v) is 8.31. The molecule has 0 bridgehead atoms. The first-order chi connectivity index (χ1) is 16.1. The molecule has 3 aromatic carbocycles. The van der Waals surface area contributed by atoms with Gasteiger partial charge in [-0.15, -0.1) is 0 Å². The maximum atomic E-state index is 10.9. The number of benzene rings is 3. The van der Waals surface area contributed by atoms with Gasteiger partial charge in [0.25, 0.3) is 5.69 Å². The Morgan fingerprint density at radius 1 is 0.939 bits per heavy atom. The van der Waals surface area contributed by atoms with Crippen LogP contribution in [0.3, 0.4) is 0 Å². The van der Waals surface area contributed by atoms with Crippen molar-refractivity contribution < 1.29 is 9.72 Å². The van der Waals surface area contributed by atoms with Crippen molar-refractivity contribution in [3.63, 3.8) is 0 Å². The van der Waals surface area contributed by atoms with E-state index in [0.29, 0.717) is 12.1 Å². The molecule has 0 saturated carbocycles. The highest BCUT2D eigenvalue weighted by Crippen LogP contribution is 2.18. The van der Waals surface area contributed by atoms with Gasteiger partial charge in [-0.1, -0.05) is 48.6 Å². The Morgan fingerprint density at radius 3 is 2.70 bits per heavy atom. The van der Waals surface area contributed by atoms with Crippen molar-refractivity contribution in [3.8, 4) is 0 Å². The molecular weight excluding hydrogens is 414 g/mol. The minimum absolute atomic E-state index is 0.00505. The van der Waals surface area contributed by atoms with Crippen LogP contribution in [0.1, 0.15) is 35.1 Å². The van der Waals surface area contributed by atoms with E-state index in [1.807, 2.05) is 0 Å². The van der Waals surface area contributed by atoms with E-state index >= 15 is 0 Å². The molecule has 0 fully saturated rings. The summed E-state index contributed by atoms with van der Waals surface area (Å²) in [6, 6.07) is 17.4. The summed E-state index contributed by atoms with van der Waals surface area (Å²) in [4.78, 5) is 24.5. The molecule has 1 aliphatic heterocycles. The van der Waals surface area contributed by atoms with Gasteiger partial charge < -0.3 is 5.32 Å². The van der Waals surface area contributed by atoms with Crippen molar-refractivity contribution in [2.45, 2.75) is 32.2 Å². The van der Waals surface area contributed by atoms with Crippen LogP contribution in [-0.2, 0) is 19.4 Å². The van der Waals surface area contributed by atoms with Crippen LogP contribution >= 0.6 is 0 Å². The number of aliphatic imine (C=N–C) groups is 1. The van der Waals surface area contributed by atoms with Crippen molar-refractivity contribution >= 4 is 30.1 Å². The van der Waals surface area contributed by atoms with E-state index in [1.165, 1.54) is 58.5 Å². The largest absolute Gasteiger partial charge is 0.341 e. The molecule has 1 N–H and O–H groups in total. The lowest BCUT2D eigenvalue weighted by molar-refractivity contribution is -0.384. The molecule has 3 aliphatic rings. The smallest absolute Gasteiger partial charge is 0.332 e. The predicted molar refractivity (Wildman–Crippen MR) is 128 cm³/mol. The van der Waals surface area contributed by atoms with Gasteiger partial charge in [0.05, 0.1) is 4.92 Å². The number of amides is 2. The Hall–Kier alpha value is -4.06. The minimum Gasteiger partial charge on any atom is -0.332 e. The van der Waals surface area contributed by atoms with E-state index in [9.17, 15) is 14.9 Å². The Balaban J connectivity index is 0.000000141. The summed E-state index contributed by atoms with van der Waals surface area (Å²) in [5.41, 5.74) is 4.58. The maximum absolute atomic E-state index is 10.9. The number of fused-ring (bicyclic) bond motifs is 5. The summed E-state index contributed by atoms with van der Waals surface area (Å²) in [5.74, 6) is 0. The van der Waals surface area contributed by atoms with Crippen LogP contribution in [0.15, 0.2) is 59.6 Å². The lowest BCUT2D eigenvalue weighted by Crippen LogP contribution is -2.19. The summed E-state index contributed by atoms with van der Waals surface area (Å²) in [6.07, 6.45) is 11.0. The van der Waals surface area contributed by atoms with Crippen molar-refractivity contribution in [2.24, 2.45) is 4.99 Å². The van der Waals surface area contributed by atoms with Crippen LogP contribution in [0.25, 0.3) is 12.2 Å². The standard InChI is InChI=1S/C18H16.C9H7N3O3/c1-3-7-15-13(5-1)9-11-18-16-8-4-2-6-14(16)10-12-17(15)18;13-9-10-4-6-1-2-8(12(14)15)3-7(6)5-11-9/h1,3,5-7,9-10,12H,2,4,8,11H2;1-3,5H,4H2,(H,10,13). The second-order valence-electron chi connectivity index (χ2n) is 8.31. The normalized spacial score (nSPS) is 15.0. The third-order valence-corrected chi connectivity index (χ3v) is 6.33. The van der Waals surface area contributed by atoms with Gasteiger partial charge in [-0.3, -0.25) is 10.1 Å². The number of urea groups is 1. The van der Waals surface area contributed by atoms with Gasteiger partial charge >= 0.3 is 6.03 Å². The van der Waals surface area contributed by atoms with Crippen LogP contribution < -0.4 is 15.8 Å². The highest BCUT2D eigenvalue weighted by molar-refractivity contribution is 5.94. The van der Waals surface area contributed by atoms with Crippen LogP contribution in [0.2, 0.25) is 0 Å². The average Bonchev–Trinajstić information content (AvgIpc) is 3.05. The quantitative estimate of drug-likeness (QED) is 0.466.